The highest BCUT2D eigenvalue weighted by Gasteiger charge is 1.94. The molecule has 0 saturated heterocycles. The van der Waals surface area contributed by atoms with Gasteiger partial charge in [-0.25, -0.2) is 0 Å². The Bertz CT molecular complexity index is 125. The van der Waals surface area contributed by atoms with E-state index in [0.717, 1.165) is 12.5 Å². The van der Waals surface area contributed by atoms with Crippen LogP contribution in [0.3, 0.4) is 0 Å². The zero-order valence-electron chi connectivity index (χ0n) is 8.89. The third-order valence-electron chi connectivity index (χ3n) is 1.95. The summed E-state index contributed by atoms with van der Waals surface area (Å²) in [6, 6.07) is 0. The van der Waals surface area contributed by atoms with Crippen molar-refractivity contribution in [3.63, 3.8) is 0 Å². The monoisotopic (exact) mass is 170 g/mol. The highest BCUT2D eigenvalue weighted by molar-refractivity contribution is 4.97. The predicted octanol–water partition coefficient (Wildman–Crippen LogP) is 3.41. The summed E-state index contributed by atoms with van der Waals surface area (Å²) in [5, 5.41) is 0. The zero-order chi connectivity index (χ0) is 9.40. The summed E-state index contributed by atoms with van der Waals surface area (Å²) < 4.78 is 4.96. The van der Waals surface area contributed by atoms with Crippen LogP contribution in [0.2, 0.25) is 0 Å². The molecule has 0 aliphatic carbocycles. The molecule has 0 aliphatic rings. The lowest BCUT2D eigenvalue weighted by Gasteiger charge is -2.04. The molecule has 1 nitrogen and oxygen atoms in total. The number of hydrogen-bond donors (Lipinski definition) is 0. The summed E-state index contributed by atoms with van der Waals surface area (Å²) in [4.78, 5) is 0. The van der Waals surface area contributed by atoms with Crippen molar-refractivity contribution in [1.29, 1.82) is 0 Å². The fourth-order valence-corrected chi connectivity index (χ4v) is 1.12. The minimum Gasteiger partial charge on any atom is -0.381 e. The van der Waals surface area contributed by atoms with Crippen LogP contribution < -0.4 is 0 Å². The molecule has 0 aliphatic heterocycles. The van der Waals surface area contributed by atoms with Crippen LogP contribution in [0.5, 0.6) is 0 Å². The van der Waals surface area contributed by atoms with Crippen molar-refractivity contribution in [2.24, 2.45) is 5.92 Å². The molecular formula is C11H22O. The van der Waals surface area contributed by atoms with Crippen LogP contribution in [0.1, 0.15) is 40.0 Å². The van der Waals surface area contributed by atoms with Crippen molar-refractivity contribution in [3.8, 4) is 0 Å². The second-order valence-electron chi connectivity index (χ2n) is 3.79. The van der Waals surface area contributed by atoms with Gasteiger partial charge in [-0.15, -0.1) is 0 Å². The molecule has 72 valence electrons. The lowest BCUT2D eigenvalue weighted by Crippen LogP contribution is -1.89. The van der Waals surface area contributed by atoms with E-state index in [0.29, 0.717) is 0 Å². The summed E-state index contributed by atoms with van der Waals surface area (Å²) in [5.41, 5.74) is 1.46. The maximum atomic E-state index is 4.96. The van der Waals surface area contributed by atoms with E-state index in [2.05, 4.69) is 26.8 Å². The quantitative estimate of drug-likeness (QED) is 0.555. The molecule has 0 atom stereocenters. The molecule has 0 heterocycles. The second-order valence-corrected chi connectivity index (χ2v) is 3.79. The zero-order valence-corrected chi connectivity index (χ0v) is 8.89. The Morgan fingerprint density at radius 2 is 2.08 bits per heavy atom. The minimum atomic E-state index is 0.757. The number of ether oxygens (including phenoxy) is 1. The van der Waals surface area contributed by atoms with Crippen molar-refractivity contribution in [2.45, 2.75) is 40.0 Å². The molecule has 0 N–H and O–H groups in total. The Morgan fingerprint density at radius 1 is 1.42 bits per heavy atom. The van der Waals surface area contributed by atoms with Gasteiger partial charge in [0.15, 0.2) is 0 Å². The van der Waals surface area contributed by atoms with E-state index in [1.54, 1.807) is 7.11 Å². The molecule has 0 amide bonds. The summed E-state index contributed by atoms with van der Waals surface area (Å²) in [6.45, 7) is 7.48. The van der Waals surface area contributed by atoms with E-state index < -0.39 is 0 Å². The predicted molar refractivity (Wildman–Crippen MR) is 54.3 cm³/mol. The van der Waals surface area contributed by atoms with Crippen LogP contribution in [-0.4, -0.2) is 13.7 Å². The van der Waals surface area contributed by atoms with Gasteiger partial charge in [0.2, 0.25) is 0 Å². The first-order chi connectivity index (χ1) is 5.66. The van der Waals surface area contributed by atoms with Crippen LogP contribution in [0.4, 0.5) is 0 Å². The van der Waals surface area contributed by atoms with Gasteiger partial charge in [-0.1, -0.05) is 31.9 Å². The Morgan fingerprint density at radius 3 is 2.58 bits per heavy atom. The molecule has 0 aromatic heterocycles. The first-order valence-electron chi connectivity index (χ1n) is 4.81. The molecule has 0 unspecified atom stereocenters. The van der Waals surface area contributed by atoms with Crippen LogP contribution in [-0.2, 0) is 4.74 Å². The highest BCUT2D eigenvalue weighted by Crippen LogP contribution is 2.11. The van der Waals surface area contributed by atoms with Gasteiger partial charge in [-0.2, -0.15) is 0 Å². The van der Waals surface area contributed by atoms with E-state index in [-0.39, 0.29) is 0 Å². The summed E-state index contributed by atoms with van der Waals surface area (Å²) >= 11 is 0. The van der Waals surface area contributed by atoms with Crippen molar-refractivity contribution in [1.82, 2.24) is 0 Å². The van der Waals surface area contributed by atoms with Crippen molar-refractivity contribution < 1.29 is 4.74 Å². The third kappa shape index (κ3) is 7.80. The Hall–Kier alpha value is -0.300. The van der Waals surface area contributed by atoms with Gasteiger partial charge in [-0.3, -0.25) is 0 Å². The average molecular weight is 170 g/mol. The lowest BCUT2D eigenvalue weighted by atomic mass is 10.0. The van der Waals surface area contributed by atoms with Gasteiger partial charge in [0.1, 0.15) is 0 Å². The maximum Gasteiger partial charge on any atom is 0.0646 e. The van der Waals surface area contributed by atoms with Gasteiger partial charge in [0, 0.05) is 7.11 Å². The summed E-state index contributed by atoms with van der Waals surface area (Å²) in [6.07, 6.45) is 6.03. The molecule has 0 aromatic carbocycles. The van der Waals surface area contributed by atoms with E-state index in [4.69, 9.17) is 4.74 Å². The average Bonchev–Trinajstić information content (AvgIpc) is 2.00. The third-order valence-corrected chi connectivity index (χ3v) is 1.95. The van der Waals surface area contributed by atoms with Gasteiger partial charge < -0.3 is 4.74 Å². The molecule has 0 rings (SSSR count). The molecular weight excluding hydrogens is 148 g/mol. The maximum absolute atomic E-state index is 4.96. The molecule has 0 spiro atoms. The van der Waals surface area contributed by atoms with Crippen LogP contribution in [0.25, 0.3) is 0 Å². The number of rotatable bonds is 6. The van der Waals surface area contributed by atoms with Crippen LogP contribution in [0, 0.1) is 5.92 Å². The molecule has 0 saturated carbocycles. The van der Waals surface area contributed by atoms with Gasteiger partial charge in [0.25, 0.3) is 0 Å². The highest BCUT2D eigenvalue weighted by atomic mass is 16.5. The van der Waals surface area contributed by atoms with Crippen molar-refractivity contribution in [2.75, 3.05) is 13.7 Å². The number of methoxy groups -OCH3 is 1. The Balaban J connectivity index is 3.36. The van der Waals surface area contributed by atoms with Crippen molar-refractivity contribution in [3.05, 3.63) is 11.6 Å². The van der Waals surface area contributed by atoms with E-state index >= 15 is 0 Å². The number of hydrogen-bond acceptors (Lipinski definition) is 1. The van der Waals surface area contributed by atoms with Gasteiger partial charge >= 0.3 is 0 Å². The molecule has 0 bridgehead atoms. The fraction of sp³-hybridized carbons (Fsp3) is 0.818. The SMILES string of the molecule is COCC=C(C)CCCC(C)C. The molecule has 0 fully saturated rings. The summed E-state index contributed by atoms with van der Waals surface area (Å²) in [5.74, 6) is 0.834. The first-order valence-corrected chi connectivity index (χ1v) is 4.81. The molecule has 1 heteroatoms. The lowest BCUT2D eigenvalue weighted by molar-refractivity contribution is 0.233. The molecule has 0 radical (unpaired) electrons. The van der Waals surface area contributed by atoms with E-state index in [1.807, 2.05) is 0 Å². The largest absolute Gasteiger partial charge is 0.381 e. The minimum absolute atomic E-state index is 0.757. The molecule has 0 aromatic rings. The fourth-order valence-electron chi connectivity index (χ4n) is 1.12. The van der Waals surface area contributed by atoms with E-state index in [1.165, 1.54) is 24.8 Å². The van der Waals surface area contributed by atoms with Crippen LogP contribution in [0.15, 0.2) is 11.6 Å². The first kappa shape index (κ1) is 11.7. The number of allylic oxidation sites excluding steroid dienone is 1. The van der Waals surface area contributed by atoms with E-state index in [9.17, 15) is 0 Å². The smallest absolute Gasteiger partial charge is 0.0646 e. The van der Waals surface area contributed by atoms with Gasteiger partial charge in [0.05, 0.1) is 6.61 Å². The second kappa shape index (κ2) is 7.35. The summed E-state index contributed by atoms with van der Waals surface area (Å²) in [7, 11) is 1.73. The standard InChI is InChI=1S/C11H22O/c1-10(2)6-5-7-11(3)8-9-12-4/h8,10H,5-7,9H2,1-4H3. The topological polar surface area (TPSA) is 9.23 Å². The Kier molecular flexibility index (Phi) is 7.17. The normalized spacial score (nSPS) is 12.6. The Labute approximate surface area is 76.8 Å². The molecule has 12 heavy (non-hydrogen) atoms. The van der Waals surface area contributed by atoms with Crippen LogP contribution >= 0.6 is 0 Å². The van der Waals surface area contributed by atoms with Crippen molar-refractivity contribution >= 4 is 0 Å². The van der Waals surface area contributed by atoms with Gasteiger partial charge in [-0.05, 0) is 25.7 Å².